The molecule has 5 nitrogen and oxygen atoms in total. The summed E-state index contributed by atoms with van der Waals surface area (Å²) in [5.74, 6) is -0.604. The number of aliphatic hydroxyl groups is 1. The van der Waals surface area contributed by atoms with Gasteiger partial charge in [-0.15, -0.1) is 0 Å². The van der Waals surface area contributed by atoms with Crippen molar-refractivity contribution in [2.45, 2.75) is 26.0 Å². The third-order valence-electron chi connectivity index (χ3n) is 1.98. The Morgan fingerprint density at radius 1 is 1.53 bits per heavy atom. The Hall–Kier alpha value is -1.33. The van der Waals surface area contributed by atoms with Crippen LogP contribution in [0.25, 0.3) is 0 Å². The minimum absolute atomic E-state index is 0.0734. The Labute approximate surface area is 87.7 Å². The molecule has 1 aromatic rings. The third kappa shape index (κ3) is 3.38. The van der Waals surface area contributed by atoms with Gasteiger partial charge in [-0.2, -0.15) is 0 Å². The van der Waals surface area contributed by atoms with Crippen molar-refractivity contribution in [1.82, 2.24) is 5.32 Å². The molecule has 0 amide bonds. The van der Waals surface area contributed by atoms with E-state index in [-0.39, 0.29) is 11.8 Å². The molecule has 15 heavy (non-hydrogen) atoms. The van der Waals surface area contributed by atoms with E-state index in [1.807, 2.05) is 6.92 Å². The average molecular weight is 213 g/mol. The summed E-state index contributed by atoms with van der Waals surface area (Å²) in [5, 5.41) is 20.7. The van der Waals surface area contributed by atoms with Crippen LogP contribution in [0.2, 0.25) is 0 Å². The van der Waals surface area contributed by atoms with E-state index < -0.39 is 12.1 Å². The molecular weight excluding hydrogens is 198 g/mol. The molecule has 0 spiro atoms. The Kier molecular flexibility index (Phi) is 3.88. The zero-order chi connectivity index (χ0) is 11.4. The molecule has 0 aliphatic rings. The number of carbonyl (C=O) groups is 1. The molecular formula is C10H15NO4. The number of aliphatic hydroxyl groups excluding tert-OH is 1. The third-order valence-corrected chi connectivity index (χ3v) is 1.98. The van der Waals surface area contributed by atoms with Crippen molar-refractivity contribution in [3.05, 3.63) is 23.7 Å². The molecule has 0 radical (unpaired) electrons. The van der Waals surface area contributed by atoms with Crippen molar-refractivity contribution in [3.63, 3.8) is 0 Å². The summed E-state index contributed by atoms with van der Waals surface area (Å²) in [5.41, 5.74) is 0. The lowest BCUT2D eigenvalue weighted by Crippen LogP contribution is -2.26. The summed E-state index contributed by atoms with van der Waals surface area (Å²) < 4.78 is 5.10. The van der Waals surface area contributed by atoms with Gasteiger partial charge in [0.05, 0.1) is 12.1 Å². The molecule has 0 saturated heterocycles. The molecule has 2 atom stereocenters. The fraction of sp³-hybridized carbons (Fsp3) is 0.500. The topological polar surface area (TPSA) is 82.7 Å². The Morgan fingerprint density at radius 3 is 2.67 bits per heavy atom. The monoisotopic (exact) mass is 213 g/mol. The molecule has 0 fully saturated rings. The predicted molar refractivity (Wildman–Crippen MR) is 53.8 cm³/mol. The van der Waals surface area contributed by atoms with E-state index in [1.54, 1.807) is 13.0 Å². The van der Waals surface area contributed by atoms with Gasteiger partial charge in [-0.3, -0.25) is 0 Å². The van der Waals surface area contributed by atoms with E-state index >= 15 is 0 Å². The summed E-state index contributed by atoms with van der Waals surface area (Å²) in [6.07, 6.45) is -0.443. The second-order valence-electron chi connectivity index (χ2n) is 3.49. The van der Waals surface area contributed by atoms with Crippen LogP contribution in [0.4, 0.5) is 0 Å². The van der Waals surface area contributed by atoms with Gasteiger partial charge in [0.2, 0.25) is 5.76 Å². The molecule has 0 aliphatic heterocycles. The molecule has 5 heteroatoms. The molecule has 1 aromatic heterocycles. The van der Waals surface area contributed by atoms with Crippen LogP contribution in [-0.4, -0.2) is 28.8 Å². The van der Waals surface area contributed by atoms with Crippen LogP contribution in [0.5, 0.6) is 0 Å². The van der Waals surface area contributed by atoms with Crippen LogP contribution in [-0.2, 0) is 0 Å². The van der Waals surface area contributed by atoms with Crippen molar-refractivity contribution in [1.29, 1.82) is 0 Å². The van der Waals surface area contributed by atoms with E-state index in [0.29, 0.717) is 12.3 Å². The fourth-order valence-electron chi connectivity index (χ4n) is 1.15. The summed E-state index contributed by atoms with van der Waals surface area (Å²) >= 11 is 0. The van der Waals surface area contributed by atoms with E-state index in [4.69, 9.17) is 14.6 Å². The zero-order valence-corrected chi connectivity index (χ0v) is 8.73. The van der Waals surface area contributed by atoms with Gasteiger partial charge >= 0.3 is 5.97 Å². The van der Waals surface area contributed by atoms with E-state index in [1.165, 1.54) is 6.07 Å². The highest BCUT2D eigenvalue weighted by Crippen LogP contribution is 2.15. The van der Waals surface area contributed by atoms with Gasteiger partial charge in [0.25, 0.3) is 0 Å². The minimum Gasteiger partial charge on any atom is -0.475 e. The lowest BCUT2D eigenvalue weighted by Gasteiger charge is -2.12. The van der Waals surface area contributed by atoms with Crippen molar-refractivity contribution >= 4 is 5.97 Å². The summed E-state index contributed by atoms with van der Waals surface area (Å²) in [6.45, 7) is 3.95. The maximum atomic E-state index is 10.5. The van der Waals surface area contributed by atoms with E-state index in [0.717, 1.165) is 0 Å². The van der Waals surface area contributed by atoms with E-state index in [2.05, 4.69) is 5.32 Å². The van der Waals surface area contributed by atoms with Crippen LogP contribution >= 0.6 is 0 Å². The highest BCUT2D eigenvalue weighted by atomic mass is 16.4. The molecule has 84 valence electrons. The number of rotatable bonds is 5. The van der Waals surface area contributed by atoms with Crippen LogP contribution in [0, 0.1) is 0 Å². The van der Waals surface area contributed by atoms with Crippen LogP contribution in [0.3, 0.4) is 0 Å². The van der Waals surface area contributed by atoms with Gasteiger partial charge in [-0.25, -0.2) is 4.79 Å². The van der Waals surface area contributed by atoms with Gasteiger partial charge in [-0.1, -0.05) is 0 Å². The van der Waals surface area contributed by atoms with Crippen molar-refractivity contribution in [3.8, 4) is 0 Å². The van der Waals surface area contributed by atoms with Crippen LogP contribution in [0.15, 0.2) is 16.5 Å². The maximum Gasteiger partial charge on any atom is 0.371 e. The average Bonchev–Trinajstić information content (AvgIpc) is 2.62. The van der Waals surface area contributed by atoms with Gasteiger partial charge < -0.3 is 19.9 Å². The molecule has 1 rings (SSSR count). The lowest BCUT2D eigenvalue weighted by molar-refractivity contribution is 0.0659. The molecule has 0 aromatic carbocycles. The van der Waals surface area contributed by atoms with Gasteiger partial charge in [-0.05, 0) is 26.0 Å². The molecule has 3 N–H and O–H groups in total. The normalized spacial score (nSPS) is 14.9. The quantitative estimate of drug-likeness (QED) is 0.680. The summed E-state index contributed by atoms with van der Waals surface area (Å²) in [7, 11) is 0. The van der Waals surface area contributed by atoms with Crippen LogP contribution < -0.4 is 5.32 Å². The molecule has 0 saturated carbocycles. The highest BCUT2D eigenvalue weighted by Gasteiger charge is 2.13. The number of carboxylic acids is 1. The number of aromatic carboxylic acids is 1. The molecule has 2 unspecified atom stereocenters. The van der Waals surface area contributed by atoms with Gasteiger partial charge in [0.1, 0.15) is 5.76 Å². The number of hydrogen-bond donors (Lipinski definition) is 3. The second kappa shape index (κ2) is 4.95. The van der Waals surface area contributed by atoms with Crippen LogP contribution in [0.1, 0.15) is 36.2 Å². The standard InChI is InChI=1S/C10H15NO4/c1-6(12)5-11-7(2)8-3-4-9(15-8)10(13)14/h3-4,6-7,11-12H,5H2,1-2H3,(H,13,14). The SMILES string of the molecule is CC(O)CNC(C)c1ccc(C(=O)O)o1. The Morgan fingerprint density at radius 2 is 2.20 bits per heavy atom. The predicted octanol–water partition coefficient (Wildman–Crippen LogP) is 1.01. The van der Waals surface area contributed by atoms with Gasteiger partial charge in [0.15, 0.2) is 0 Å². The number of nitrogens with one attached hydrogen (secondary N) is 1. The highest BCUT2D eigenvalue weighted by molar-refractivity contribution is 5.84. The first-order chi connectivity index (χ1) is 7.00. The smallest absolute Gasteiger partial charge is 0.371 e. The fourth-order valence-corrected chi connectivity index (χ4v) is 1.15. The minimum atomic E-state index is -1.08. The largest absolute Gasteiger partial charge is 0.475 e. The van der Waals surface area contributed by atoms with Crippen molar-refractivity contribution in [2.24, 2.45) is 0 Å². The molecule has 0 aliphatic carbocycles. The zero-order valence-electron chi connectivity index (χ0n) is 8.73. The van der Waals surface area contributed by atoms with Crippen molar-refractivity contribution in [2.75, 3.05) is 6.54 Å². The van der Waals surface area contributed by atoms with Gasteiger partial charge in [0, 0.05) is 6.54 Å². The molecule has 0 bridgehead atoms. The Bertz CT molecular complexity index is 332. The number of hydrogen-bond acceptors (Lipinski definition) is 4. The first kappa shape index (κ1) is 11.7. The Balaban J connectivity index is 2.58. The summed E-state index contributed by atoms with van der Waals surface area (Å²) in [4.78, 5) is 10.5. The number of furan rings is 1. The summed E-state index contributed by atoms with van der Waals surface area (Å²) in [6, 6.07) is 2.91. The second-order valence-corrected chi connectivity index (χ2v) is 3.49. The van der Waals surface area contributed by atoms with Crippen molar-refractivity contribution < 1.29 is 19.4 Å². The number of carboxylic acid groups (broad SMARTS) is 1. The first-order valence-corrected chi connectivity index (χ1v) is 4.75. The molecule has 1 heterocycles. The maximum absolute atomic E-state index is 10.5. The first-order valence-electron chi connectivity index (χ1n) is 4.75. The lowest BCUT2D eigenvalue weighted by atomic mass is 10.2. The van der Waals surface area contributed by atoms with E-state index in [9.17, 15) is 4.79 Å².